The first-order valence-electron chi connectivity index (χ1n) is 7.13. The zero-order valence-corrected chi connectivity index (χ0v) is 13.0. The molecule has 0 aliphatic carbocycles. The number of H-pyrrole nitrogens is 1. The Kier molecular flexibility index (Phi) is 4.40. The van der Waals surface area contributed by atoms with Gasteiger partial charge in [0.15, 0.2) is 0 Å². The molecule has 0 fully saturated rings. The highest BCUT2D eigenvalue weighted by Gasteiger charge is 2.15. The second kappa shape index (κ2) is 6.09. The van der Waals surface area contributed by atoms with E-state index in [4.69, 9.17) is 10.5 Å². The van der Waals surface area contributed by atoms with Crippen LogP contribution >= 0.6 is 0 Å². The Bertz CT molecular complexity index is 698. The van der Waals surface area contributed by atoms with E-state index in [0.29, 0.717) is 18.5 Å². The van der Waals surface area contributed by atoms with Crippen molar-refractivity contribution in [2.24, 2.45) is 5.73 Å². The van der Waals surface area contributed by atoms with Gasteiger partial charge in [-0.25, -0.2) is 4.79 Å². The molecular formula is C16H21N3O3. The molecule has 2 aromatic rings. The number of rotatable bonds is 4. The fourth-order valence-corrected chi connectivity index (χ4v) is 2.16. The predicted molar refractivity (Wildman–Crippen MR) is 84.8 cm³/mol. The molecule has 1 heterocycles. The Balaban J connectivity index is 1.98. The number of carbonyl (C=O) groups is 2. The predicted octanol–water partition coefficient (Wildman–Crippen LogP) is 2.33. The highest BCUT2D eigenvalue weighted by molar-refractivity contribution is 5.97. The van der Waals surface area contributed by atoms with Gasteiger partial charge in [0, 0.05) is 29.2 Å². The lowest BCUT2D eigenvalue weighted by Gasteiger charge is -2.19. The molecule has 0 radical (unpaired) electrons. The van der Waals surface area contributed by atoms with E-state index in [1.54, 1.807) is 12.1 Å². The number of fused-ring (bicyclic) bond motifs is 1. The Labute approximate surface area is 129 Å². The fraction of sp³-hybridized carbons (Fsp3) is 0.375. The number of hydrogen-bond acceptors (Lipinski definition) is 3. The number of nitrogens with two attached hydrogens (primary N) is 1. The largest absolute Gasteiger partial charge is 0.444 e. The topological polar surface area (TPSA) is 97.2 Å². The van der Waals surface area contributed by atoms with Crippen LogP contribution in [0.3, 0.4) is 0 Å². The van der Waals surface area contributed by atoms with Crippen LogP contribution in [0.4, 0.5) is 4.79 Å². The molecule has 2 rings (SSSR count). The smallest absolute Gasteiger partial charge is 0.407 e. The maximum atomic E-state index is 11.6. The molecule has 0 bridgehead atoms. The number of benzene rings is 1. The minimum Gasteiger partial charge on any atom is -0.444 e. The summed E-state index contributed by atoms with van der Waals surface area (Å²) in [7, 11) is 0. The molecule has 0 aliphatic rings. The molecule has 0 aliphatic heterocycles. The Morgan fingerprint density at radius 3 is 2.68 bits per heavy atom. The Hall–Kier alpha value is -2.50. The number of alkyl carbamates (subject to hydrolysis) is 1. The molecular weight excluding hydrogens is 282 g/mol. The van der Waals surface area contributed by atoms with E-state index in [0.717, 1.165) is 16.5 Å². The standard InChI is InChI=1S/C16H21N3O3/c1-16(2,3)22-15(21)18-7-6-11-9-19-13-8-10(14(17)20)4-5-12(11)13/h4-5,8-9,19H,6-7H2,1-3H3,(H2,17,20)(H,18,21). The average molecular weight is 303 g/mol. The number of ether oxygens (including phenoxy) is 1. The van der Waals surface area contributed by atoms with Crippen molar-refractivity contribution in [3.63, 3.8) is 0 Å². The van der Waals surface area contributed by atoms with E-state index in [2.05, 4.69) is 10.3 Å². The molecule has 0 saturated carbocycles. The quantitative estimate of drug-likeness (QED) is 0.808. The van der Waals surface area contributed by atoms with Gasteiger partial charge in [-0.1, -0.05) is 6.07 Å². The zero-order chi connectivity index (χ0) is 16.3. The van der Waals surface area contributed by atoms with Gasteiger partial charge >= 0.3 is 6.09 Å². The second-order valence-electron chi connectivity index (χ2n) is 6.12. The number of hydrogen-bond donors (Lipinski definition) is 3. The van der Waals surface area contributed by atoms with Gasteiger partial charge in [-0.15, -0.1) is 0 Å². The van der Waals surface area contributed by atoms with Crippen LogP contribution in [0.1, 0.15) is 36.7 Å². The number of aromatic amines is 1. The SMILES string of the molecule is CC(C)(C)OC(=O)NCCc1c[nH]c2cc(C(N)=O)ccc12. The first-order chi connectivity index (χ1) is 10.3. The highest BCUT2D eigenvalue weighted by atomic mass is 16.6. The van der Waals surface area contributed by atoms with E-state index in [1.165, 1.54) is 0 Å². The molecule has 2 amide bonds. The molecule has 1 aromatic carbocycles. The summed E-state index contributed by atoms with van der Waals surface area (Å²) in [4.78, 5) is 25.8. The van der Waals surface area contributed by atoms with E-state index < -0.39 is 17.6 Å². The fourth-order valence-electron chi connectivity index (χ4n) is 2.16. The highest BCUT2D eigenvalue weighted by Crippen LogP contribution is 2.20. The summed E-state index contributed by atoms with van der Waals surface area (Å²) in [6, 6.07) is 5.28. The number of carbonyl (C=O) groups excluding carboxylic acids is 2. The summed E-state index contributed by atoms with van der Waals surface area (Å²) in [5, 5.41) is 3.73. The van der Waals surface area contributed by atoms with Gasteiger partial charge in [0.25, 0.3) is 0 Å². The number of amides is 2. The molecule has 0 unspecified atom stereocenters. The molecule has 6 nitrogen and oxygen atoms in total. The minimum absolute atomic E-state index is 0.427. The third-order valence-electron chi connectivity index (χ3n) is 3.11. The van der Waals surface area contributed by atoms with Crippen LogP contribution in [-0.4, -0.2) is 29.1 Å². The average Bonchev–Trinajstić information content (AvgIpc) is 2.79. The van der Waals surface area contributed by atoms with Crippen molar-refractivity contribution in [2.75, 3.05) is 6.54 Å². The Morgan fingerprint density at radius 2 is 2.05 bits per heavy atom. The first-order valence-corrected chi connectivity index (χ1v) is 7.13. The molecule has 0 spiro atoms. The lowest BCUT2D eigenvalue weighted by Crippen LogP contribution is -2.33. The number of nitrogens with one attached hydrogen (secondary N) is 2. The van der Waals surface area contributed by atoms with Crippen molar-refractivity contribution in [3.05, 3.63) is 35.5 Å². The third-order valence-corrected chi connectivity index (χ3v) is 3.11. The van der Waals surface area contributed by atoms with Gasteiger partial charge in [0.2, 0.25) is 5.91 Å². The van der Waals surface area contributed by atoms with Crippen LogP contribution in [0.2, 0.25) is 0 Å². The van der Waals surface area contributed by atoms with E-state index in [1.807, 2.05) is 33.0 Å². The van der Waals surface area contributed by atoms with Gasteiger partial charge < -0.3 is 20.8 Å². The zero-order valence-electron chi connectivity index (χ0n) is 13.0. The second-order valence-corrected chi connectivity index (χ2v) is 6.12. The van der Waals surface area contributed by atoms with Crippen molar-refractivity contribution in [3.8, 4) is 0 Å². The van der Waals surface area contributed by atoms with Crippen LogP contribution in [0.25, 0.3) is 10.9 Å². The maximum absolute atomic E-state index is 11.6. The molecule has 118 valence electrons. The van der Waals surface area contributed by atoms with Crippen LogP contribution < -0.4 is 11.1 Å². The van der Waals surface area contributed by atoms with Crippen molar-refractivity contribution in [1.29, 1.82) is 0 Å². The van der Waals surface area contributed by atoms with Gasteiger partial charge in [-0.3, -0.25) is 4.79 Å². The van der Waals surface area contributed by atoms with Crippen molar-refractivity contribution < 1.29 is 14.3 Å². The molecule has 0 atom stereocenters. The Morgan fingerprint density at radius 1 is 1.32 bits per heavy atom. The normalized spacial score (nSPS) is 11.4. The van der Waals surface area contributed by atoms with E-state index >= 15 is 0 Å². The summed E-state index contributed by atoms with van der Waals surface area (Å²) in [6.45, 7) is 5.94. The van der Waals surface area contributed by atoms with Crippen molar-refractivity contribution in [2.45, 2.75) is 32.8 Å². The number of primary amides is 1. The summed E-state index contributed by atoms with van der Waals surface area (Å²) in [5.74, 6) is -0.454. The van der Waals surface area contributed by atoms with E-state index in [9.17, 15) is 9.59 Å². The van der Waals surface area contributed by atoms with Crippen LogP contribution in [0.15, 0.2) is 24.4 Å². The van der Waals surface area contributed by atoms with Gasteiger partial charge in [0.1, 0.15) is 5.60 Å². The van der Waals surface area contributed by atoms with Crippen molar-refractivity contribution >= 4 is 22.9 Å². The lowest BCUT2D eigenvalue weighted by atomic mass is 10.1. The van der Waals surface area contributed by atoms with Gasteiger partial charge in [0.05, 0.1) is 0 Å². The molecule has 0 saturated heterocycles. The number of aromatic nitrogens is 1. The summed E-state index contributed by atoms with van der Waals surface area (Å²) < 4.78 is 5.18. The summed E-state index contributed by atoms with van der Waals surface area (Å²) in [6.07, 6.45) is 2.10. The van der Waals surface area contributed by atoms with Crippen molar-refractivity contribution in [1.82, 2.24) is 10.3 Å². The third kappa shape index (κ3) is 4.00. The lowest BCUT2D eigenvalue weighted by molar-refractivity contribution is 0.0528. The molecule has 1 aromatic heterocycles. The monoisotopic (exact) mass is 303 g/mol. The van der Waals surface area contributed by atoms with Crippen LogP contribution in [0.5, 0.6) is 0 Å². The molecule has 6 heteroatoms. The molecule has 22 heavy (non-hydrogen) atoms. The molecule has 4 N–H and O–H groups in total. The van der Waals surface area contributed by atoms with E-state index in [-0.39, 0.29) is 0 Å². The maximum Gasteiger partial charge on any atom is 0.407 e. The van der Waals surface area contributed by atoms with Crippen LogP contribution in [-0.2, 0) is 11.2 Å². The van der Waals surface area contributed by atoms with Gasteiger partial charge in [-0.05, 0) is 44.9 Å². The minimum atomic E-state index is -0.504. The summed E-state index contributed by atoms with van der Waals surface area (Å²) in [5.41, 5.74) is 7.13. The van der Waals surface area contributed by atoms with Crippen LogP contribution in [0, 0.1) is 0 Å². The van der Waals surface area contributed by atoms with Gasteiger partial charge in [-0.2, -0.15) is 0 Å². The first kappa shape index (κ1) is 15.9. The summed E-state index contributed by atoms with van der Waals surface area (Å²) >= 11 is 0.